The maximum absolute atomic E-state index is 13.4. The summed E-state index contributed by atoms with van der Waals surface area (Å²) in [6, 6.07) is 17.6. The van der Waals surface area contributed by atoms with E-state index in [1.54, 1.807) is 12.3 Å². The first-order chi connectivity index (χ1) is 13.9. The number of alkyl halides is 3. The molecule has 0 saturated carbocycles. The zero-order valence-corrected chi connectivity index (χ0v) is 16.3. The second-order valence-electron chi connectivity index (χ2n) is 7.08. The number of nitrogens with zero attached hydrogens (tertiary/aromatic N) is 2. The SMILES string of the molecule is FC(F)(F)c1cc(C2CN(c3ccccc3)CCN2Cc2ccco2)ccc1Cl. The molecule has 152 valence electrons. The van der Waals surface area contributed by atoms with Gasteiger partial charge in [0.25, 0.3) is 0 Å². The Morgan fingerprint density at radius 3 is 2.48 bits per heavy atom. The van der Waals surface area contributed by atoms with Crippen LogP contribution in [-0.2, 0) is 12.7 Å². The lowest BCUT2D eigenvalue weighted by atomic mass is 9.99. The van der Waals surface area contributed by atoms with Gasteiger partial charge in [-0.3, -0.25) is 4.90 Å². The highest BCUT2D eigenvalue weighted by Gasteiger charge is 2.35. The van der Waals surface area contributed by atoms with Gasteiger partial charge in [-0.2, -0.15) is 13.2 Å². The molecule has 0 spiro atoms. The molecular weight excluding hydrogens is 401 g/mol. The van der Waals surface area contributed by atoms with Gasteiger partial charge in [-0.05, 0) is 42.0 Å². The lowest BCUT2D eigenvalue weighted by Crippen LogP contribution is -2.48. The Labute approximate surface area is 172 Å². The van der Waals surface area contributed by atoms with Crippen LogP contribution in [-0.4, -0.2) is 24.5 Å². The first-order valence-electron chi connectivity index (χ1n) is 9.35. The van der Waals surface area contributed by atoms with Crippen LogP contribution in [0.5, 0.6) is 0 Å². The van der Waals surface area contributed by atoms with E-state index in [4.69, 9.17) is 16.0 Å². The van der Waals surface area contributed by atoms with Gasteiger partial charge in [-0.25, -0.2) is 0 Å². The van der Waals surface area contributed by atoms with Crippen molar-refractivity contribution in [2.24, 2.45) is 0 Å². The molecule has 0 radical (unpaired) electrons. The molecular formula is C22H20ClF3N2O. The monoisotopic (exact) mass is 420 g/mol. The van der Waals surface area contributed by atoms with Crippen LogP contribution in [0.1, 0.15) is 22.9 Å². The molecule has 1 aromatic heterocycles. The Morgan fingerprint density at radius 1 is 1.00 bits per heavy atom. The largest absolute Gasteiger partial charge is 0.468 e. The molecule has 0 bridgehead atoms. The van der Waals surface area contributed by atoms with Gasteiger partial charge in [0.05, 0.1) is 29.4 Å². The van der Waals surface area contributed by atoms with E-state index in [0.29, 0.717) is 25.2 Å². The summed E-state index contributed by atoms with van der Waals surface area (Å²) in [6.07, 6.45) is -2.89. The topological polar surface area (TPSA) is 19.6 Å². The van der Waals surface area contributed by atoms with Crippen molar-refractivity contribution in [2.45, 2.75) is 18.8 Å². The van der Waals surface area contributed by atoms with Gasteiger partial charge >= 0.3 is 6.18 Å². The molecule has 1 aliphatic rings. The zero-order valence-electron chi connectivity index (χ0n) is 15.6. The van der Waals surface area contributed by atoms with E-state index in [1.165, 1.54) is 12.1 Å². The van der Waals surface area contributed by atoms with Crippen molar-refractivity contribution < 1.29 is 17.6 Å². The smallest absolute Gasteiger partial charge is 0.417 e. The molecule has 29 heavy (non-hydrogen) atoms. The average Bonchev–Trinajstić information content (AvgIpc) is 3.22. The summed E-state index contributed by atoms with van der Waals surface area (Å²) in [5, 5.41) is -0.283. The van der Waals surface area contributed by atoms with Gasteiger partial charge < -0.3 is 9.32 Å². The summed E-state index contributed by atoms with van der Waals surface area (Å²) in [4.78, 5) is 4.35. The summed E-state index contributed by atoms with van der Waals surface area (Å²) in [5.41, 5.74) is 0.848. The van der Waals surface area contributed by atoms with Crippen molar-refractivity contribution in [1.29, 1.82) is 0 Å². The van der Waals surface area contributed by atoms with Gasteiger partial charge in [0.15, 0.2) is 0 Å². The van der Waals surface area contributed by atoms with Crippen LogP contribution in [0, 0.1) is 0 Å². The number of piperazine rings is 1. The van der Waals surface area contributed by atoms with E-state index in [9.17, 15) is 13.2 Å². The molecule has 7 heteroatoms. The van der Waals surface area contributed by atoms with Gasteiger partial charge in [0.1, 0.15) is 5.76 Å². The van der Waals surface area contributed by atoms with Gasteiger partial charge in [0, 0.05) is 25.3 Å². The summed E-state index contributed by atoms with van der Waals surface area (Å²) in [5.74, 6) is 0.785. The molecule has 1 unspecified atom stereocenters. The maximum Gasteiger partial charge on any atom is 0.417 e. The van der Waals surface area contributed by atoms with E-state index in [0.717, 1.165) is 18.0 Å². The number of benzene rings is 2. The van der Waals surface area contributed by atoms with Crippen molar-refractivity contribution in [1.82, 2.24) is 4.90 Å². The lowest BCUT2D eigenvalue weighted by molar-refractivity contribution is -0.137. The molecule has 1 saturated heterocycles. The number of anilines is 1. The number of para-hydroxylation sites is 1. The molecule has 3 nitrogen and oxygen atoms in total. The predicted octanol–water partition coefficient (Wildman–Crippen LogP) is 6.02. The second kappa shape index (κ2) is 8.13. The number of furan rings is 1. The second-order valence-corrected chi connectivity index (χ2v) is 7.49. The van der Waals surface area contributed by atoms with Gasteiger partial charge in [-0.15, -0.1) is 0 Å². The van der Waals surface area contributed by atoms with E-state index in [1.807, 2.05) is 42.5 Å². The third kappa shape index (κ3) is 4.43. The fraction of sp³-hybridized carbons (Fsp3) is 0.273. The van der Waals surface area contributed by atoms with E-state index < -0.39 is 11.7 Å². The highest BCUT2D eigenvalue weighted by Crippen LogP contribution is 2.38. The van der Waals surface area contributed by atoms with Crippen LogP contribution in [0.4, 0.5) is 18.9 Å². The first kappa shape index (κ1) is 19.9. The summed E-state index contributed by atoms with van der Waals surface area (Å²) >= 11 is 5.84. The van der Waals surface area contributed by atoms with Crippen molar-refractivity contribution >= 4 is 17.3 Å². The summed E-state index contributed by atoms with van der Waals surface area (Å²) in [6.45, 7) is 2.58. The molecule has 2 aromatic carbocycles. The van der Waals surface area contributed by atoms with Gasteiger partial charge in [-0.1, -0.05) is 35.9 Å². The lowest BCUT2D eigenvalue weighted by Gasteiger charge is -2.42. The van der Waals surface area contributed by atoms with Crippen molar-refractivity contribution in [3.05, 3.63) is 88.8 Å². The number of rotatable bonds is 4. The molecule has 4 rings (SSSR count). The normalized spacial score (nSPS) is 18.2. The Hall–Kier alpha value is -2.44. The Kier molecular flexibility index (Phi) is 5.56. The van der Waals surface area contributed by atoms with Crippen molar-refractivity contribution in [2.75, 3.05) is 24.5 Å². The minimum absolute atomic E-state index is 0.229. The Bertz CT molecular complexity index is 944. The fourth-order valence-electron chi connectivity index (χ4n) is 3.77. The highest BCUT2D eigenvalue weighted by atomic mass is 35.5. The quantitative estimate of drug-likeness (QED) is 0.515. The van der Waals surface area contributed by atoms with E-state index >= 15 is 0 Å². The van der Waals surface area contributed by atoms with E-state index in [2.05, 4.69) is 9.80 Å². The van der Waals surface area contributed by atoms with Crippen LogP contribution in [0.15, 0.2) is 71.3 Å². The molecule has 2 heterocycles. The standard InChI is InChI=1S/C22H20ClF3N2O/c23-20-9-8-16(13-19(20)22(24,25)26)21-15-27(17-5-2-1-3-6-17)10-11-28(21)14-18-7-4-12-29-18/h1-9,12-13,21H,10-11,14-15H2. The minimum atomic E-state index is -4.49. The predicted molar refractivity (Wildman–Crippen MR) is 107 cm³/mol. The highest BCUT2D eigenvalue weighted by molar-refractivity contribution is 6.31. The third-order valence-electron chi connectivity index (χ3n) is 5.23. The number of hydrogen-bond acceptors (Lipinski definition) is 3. The third-order valence-corrected chi connectivity index (χ3v) is 5.56. The van der Waals surface area contributed by atoms with E-state index in [-0.39, 0.29) is 11.1 Å². The molecule has 0 N–H and O–H groups in total. The summed E-state index contributed by atoms with van der Waals surface area (Å²) < 4.78 is 45.7. The van der Waals surface area contributed by atoms with Crippen LogP contribution < -0.4 is 4.90 Å². The van der Waals surface area contributed by atoms with Crippen LogP contribution in [0.25, 0.3) is 0 Å². The molecule has 1 atom stereocenters. The van der Waals surface area contributed by atoms with Crippen LogP contribution in [0.2, 0.25) is 5.02 Å². The fourth-order valence-corrected chi connectivity index (χ4v) is 3.99. The molecule has 1 aliphatic heterocycles. The number of halogens is 4. The Balaban J connectivity index is 1.67. The van der Waals surface area contributed by atoms with Crippen molar-refractivity contribution in [3.63, 3.8) is 0 Å². The van der Waals surface area contributed by atoms with Gasteiger partial charge in [0.2, 0.25) is 0 Å². The average molecular weight is 421 g/mol. The minimum Gasteiger partial charge on any atom is -0.468 e. The molecule has 0 aliphatic carbocycles. The molecule has 3 aromatic rings. The molecule has 0 amide bonds. The first-order valence-corrected chi connectivity index (χ1v) is 9.72. The maximum atomic E-state index is 13.4. The van der Waals surface area contributed by atoms with Crippen molar-refractivity contribution in [3.8, 4) is 0 Å². The summed E-state index contributed by atoms with van der Waals surface area (Å²) in [7, 11) is 0. The number of hydrogen-bond donors (Lipinski definition) is 0. The zero-order chi connectivity index (χ0) is 20.4. The van der Waals surface area contributed by atoms with Crippen LogP contribution >= 0.6 is 11.6 Å². The Morgan fingerprint density at radius 2 is 1.79 bits per heavy atom. The van der Waals surface area contributed by atoms with Crippen LogP contribution in [0.3, 0.4) is 0 Å². The molecule has 1 fully saturated rings.